The van der Waals surface area contributed by atoms with Crippen LogP contribution in [0, 0.1) is 5.82 Å². The first kappa shape index (κ1) is 21.8. The highest BCUT2D eigenvalue weighted by atomic mass is 35.5. The van der Waals surface area contributed by atoms with Crippen LogP contribution in [0.15, 0.2) is 48.5 Å². The van der Waals surface area contributed by atoms with Gasteiger partial charge >= 0.3 is 0 Å². The number of para-hydroxylation sites is 1. The molecule has 0 unspecified atom stereocenters. The monoisotopic (exact) mass is 385 g/mol. The van der Waals surface area contributed by atoms with Crippen LogP contribution in [-0.4, -0.2) is 36.5 Å². The van der Waals surface area contributed by atoms with E-state index in [0.29, 0.717) is 18.5 Å². The minimum Gasteiger partial charge on any atom is -0.492 e. The summed E-state index contributed by atoms with van der Waals surface area (Å²) in [4.78, 5) is 2.30. The summed E-state index contributed by atoms with van der Waals surface area (Å²) >= 11 is 5.85. The third-order valence-electron chi connectivity index (χ3n) is 4.02. The summed E-state index contributed by atoms with van der Waals surface area (Å²) in [6, 6.07) is 15.1. The van der Waals surface area contributed by atoms with Crippen molar-refractivity contribution in [1.29, 1.82) is 0 Å². The minimum absolute atomic E-state index is 0. The molecule has 0 saturated heterocycles. The zero-order chi connectivity index (χ0) is 17.4. The first-order valence-electron chi connectivity index (χ1n) is 8.35. The zero-order valence-electron chi connectivity index (χ0n) is 14.8. The average Bonchev–Trinajstić information content (AvgIpc) is 2.57. The highest BCUT2D eigenvalue weighted by molar-refractivity contribution is 6.18. The van der Waals surface area contributed by atoms with Gasteiger partial charge in [0.15, 0.2) is 0 Å². The van der Waals surface area contributed by atoms with Crippen molar-refractivity contribution in [2.24, 2.45) is 0 Å². The first-order valence-corrected chi connectivity index (χ1v) is 8.88. The summed E-state index contributed by atoms with van der Waals surface area (Å²) in [5.41, 5.74) is 2.18. The van der Waals surface area contributed by atoms with Crippen molar-refractivity contribution in [3.63, 3.8) is 0 Å². The topological polar surface area (TPSA) is 12.5 Å². The predicted octanol–water partition coefficient (Wildman–Crippen LogP) is 5.17. The molecule has 0 amide bonds. The molecule has 2 aromatic carbocycles. The molecule has 25 heavy (non-hydrogen) atoms. The van der Waals surface area contributed by atoms with Crippen LogP contribution < -0.4 is 4.74 Å². The molecule has 2 aromatic rings. The number of ether oxygens (including phenoxy) is 1. The summed E-state index contributed by atoms with van der Waals surface area (Å²) < 4.78 is 19.0. The Balaban J connectivity index is 0.00000312. The van der Waals surface area contributed by atoms with Gasteiger partial charge in [0.1, 0.15) is 18.2 Å². The Morgan fingerprint density at radius 3 is 2.36 bits per heavy atom. The van der Waals surface area contributed by atoms with Crippen LogP contribution in [0.5, 0.6) is 5.75 Å². The molecule has 2 rings (SSSR count). The molecule has 0 heterocycles. The van der Waals surface area contributed by atoms with E-state index < -0.39 is 0 Å². The molecule has 0 radical (unpaired) electrons. The molecule has 0 N–H and O–H groups in total. The van der Waals surface area contributed by atoms with Crippen molar-refractivity contribution >= 4 is 24.0 Å². The molecule has 0 aliphatic heterocycles. The van der Waals surface area contributed by atoms with Crippen molar-refractivity contribution in [3.8, 4) is 5.75 Å². The maximum atomic E-state index is 13.0. The van der Waals surface area contributed by atoms with Crippen LogP contribution in [0.25, 0.3) is 0 Å². The highest BCUT2D eigenvalue weighted by Crippen LogP contribution is 2.21. The lowest BCUT2D eigenvalue weighted by Gasteiger charge is -2.25. The van der Waals surface area contributed by atoms with E-state index in [1.807, 2.05) is 30.3 Å². The van der Waals surface area contributed by atoms with Crippen molar-refractivity contribution in [2.75, 3.05) is 25.6 Å². The molecule has 0 atom stereocenters. The maximum absolute atomic E-state index is 13.0. The van der Waals surface area contributed by atoms with E-state index in [4.69, 9.17) is 16.3 Å². The third kappa shape index (κ3) is 7.23. The minimum atomic E-state index is -0.212. The zero-order valence-corrected chi connectivity index (χ0v) is 16.3. The summed E-state index contributed by atoms with van der Waals surface area (Å²) in [5.74, 6) is 1.30. The summed E-state index contributed by atoms with van der Waals surface area (Å²) in [5, 5.41) is 0. The van der Waals surface area contributed by atoms with Gasteiger partial charge in [-0.15, -0.1) is 24.0 Å². The Morgan fingerprint density at radius 2 is 1.72 bits per heavy atom. The Hall–Kier alpha value is -1.29. The second-order valence-corrected chi connectivity index (χ2v) is 6.46. The van der Waals surface area contributed by atoms with Crippen molar-refractivity contribution in [2.45, 2.75) is 26.3 Å². The summed E-state index contributed by atoms with van der Waals surface area (Å²) in [6.45, 7) is 6.65. The van der Waals surface area contributed by atoms with Gasteiger partial charge < -0.3 is 4.74 Å². The quantitative estimate of drug-likeness (QED) is 0.552. The van der Waals surface area contributed by atoms with Crippen LogP contribution in [-0.2, 0) is 6.42 Å². The summed E-state index contributed by atoms with van der Waals surface area (Å²) in [6.07, 6.45) is 0.728. The number of benzene rings is 2. The number of rotatable bonds is 9. The van der Waals surface area contributed by atoms with Gasteiger partial charge in [-0.05, 0) is 43.2 Å². The SMILES string of the molecule is CC(C)N(CCCl)CCOc1ccccc1Cc1ccc(F)cc1.Cl. The lowest BCUT2D eigenvalue weighted by Crippen LogP contribution is -2.36. The smallest absolute Gasteiger partial charge is 0.123 e. The van der Waals surface area contributed by atoms with Gasteiger partial charge in [0.05, 0.1) is 0 Å². The van der Waals surface area contributed by atoms with Gasteiger partial charge in [0.2, 0.25) is 0 Å². The van der Waals surface area contributed by atoms with E-state index in [2.05, 4.69) is 24.8 Å². The fraction of sp³-hybridized carbons (Fsp3) is 0.400. The van der Waals surface area contributed by atoms with Crippen molar-refractivity contribution < 1.29 is 9.13 Å². The van der Waals surface area contributed by atoms with Crippen molar-refractivity contribution in [1.82, 2.24) is 4.90 Å². The van der Waals surface area contributed by atoms with E-state index in [-0.39, 0.29) is 18.2 Å². The molecular weight excluding hydrogens is 360 g/mol. The number of nitrogens with zero attached hydrogens (tertiary/aromatic N) is 1. The molecule has 2 nitrogen and oxygen atoms in total. The number of alkyl halides is 1. The fourth-order valence-corrected chi connectivity index (χ4v) is 2.84. The molecule has 0 aromatic heterocycles. The van der Waals surface area contributed by atoms with Crippen LogP contribution in [0.3, 0.4) is 0 Å². The molecule has 138 valence electrons. The Bertz CT molecular complexity index is 619. The van der Waals surface area contributed by atoms with E-state index in [0.717, 1.165) is 36.4 Å². The predicted molar refractivity (Wildman–Crippen MR) is 106 cm³/mol. The second kappa shape index (κ2) is 11.3. The van der Waals surface area contributed by atoms with Crippen LogP contribution >= 0.6 is 24.0 Å². The van der Waals surface area contributed by atoms with Crippen LogP contribution in [0.2, 0.25) is 0 Å². The van der Waals surface area contributed by atoms with E-state index in [1.54, 1.807) is 0 Å². The largest absolute Gasteiger partial charge is 0.492 e. The van der Waals surface area contributed by atoms with Gasteiger partial charge in [-0.3, -0.25) is 4.90 Å². The maximum Gasteiger partial charge on any atom is 0.123 e. The highest BCUT2D eigenvalue weighted by Gasteiger charge is 2.10. The number of hydrogen-bond acceptors (Lipinski definition) is 2. The van der Waals surface area contributed by atoms with Gasteiger partial charge in [-0.25, -0.2) is 4.39 Å². The van der Waals surface area contributed by atoms with E-state index in [9.17, 15) is 4.39 Å². The molecule has 0 fully saturated rings. The lowest BCUT2D eigenvalue weighted by molar-refractivity contribution is 0.184. The van der Waals surface area contributed by atoms with Crippen LogP contribution in [0.1, 0.15) is 25.0 Å². The number of halogens is 3. The molecule has 0 aliphatic carbocycles. The summed E-state index contributed by atoms with van der Waals surface area (Å²) in [7, 11) is 0. The Kier molecular flexibility index (Phi) is 9.88. The van der Waals surface area contributed by atoms with Gasteiger partial charge in [-0.2, -0.15) is 0 Å². The second-order valence-electron chi connectivity index (χ2n) is 6.08. The Labute approximate surface area is 161 Å². The molecule has 0 bridgehead atoms. The van der Waals surface area contributed by atoms with Gasteiger partial charge in [0.25, 0.3) is 0 Å². The standard InChI is InChI=1S/C20H25ClFNO.ClH/c1-16(2)23(12-11-21)13-14-24-20-6-4-3-5-18(20)15-17-7-9-19(22)10-8-17;/h3-10,16H,11-15H2,1-2H3;1H. The van der Waals surface area contributed by atoms with E-state index >= 15 is 0 Å². The molecule has 5 heteroatoms. The van der Waals surface area contributed by atoms with Crippen LogP contribution in [0.4, 0.5) is 4.39 Å². The van der Waals surface area contributed by atoms with Crippen molar-refractivity contribution in [3.05, 3.63) is 65.5 Å². The Morgan fingerprint density at radius 1 is 1.04 bits per heavy atom. The number of hydrogen-bond donors (Lipinski definition) is 0. The third-order valence-corrected chi connectivity index (χ3v) is 4.19. The molecule has 0 aliphatic rings. The van der Waals surface area contributed by atoms with Gasteiger partial charge in [-0.1, -0.05) is 30.3 Å². The van der Waals surface area contributed by atoms with E-state index in [1.165, 1.54) is 12.1 Å². The average molecular weight is 386 g/mol. The fourth-order valence-electron chi connectivity index (χ4n) is 2.62. The lowest BCUT2D eigenvalue weighted by atomic mass is 10.0. The molecule has 0 saturated carbocycles. The normalized spacial score (nSPS) is 10.8. The first-order chi connectivity index (χ1) is 11.6. The molecular formula is C20H26Cl2FNO. The van der Waals surface area contributed by atoms with Gasteiger partial charge in [0, 0.05) is 31.4 Å². The molecule has 0 spiro atoms.